The van der Waals surface area contributed by atoms with Gasteiger partial charge in [-0.3, -0.25) is 4.79 Å². The minimum absolute atomic E-state index is 0.416. The van der Waals surface area contributed by atoms with Gasteiger partial charge in [-0.25, -0.2) is 5.11 Å². The summed E-state index contributed by atoms with van der Waals surface area (Å²) in [4.78, 5) is 12.3. The van der Waals surface area contributed by atoms with Gasteiger partial charge in [-0.15, -0.1) is 0 Å². The van der Waals surface area contributed by atoms with Crippen LogP contribution in [-0.4, -0.2) is 19.6 Å². The van der Waals surface area contributed by atoms with Gasteiger partial charge in [-0.1, -0.05) is 18.2 Å². The summed E-state index contributed by atoms with van der Waals surface area (Å²) in [6.45, 7) is -0.703. The quantitative estimate of drug-likeness (QED) is 0.644. The molecule has 0 fully saturated rings. The molecule has 3 nitrogen and oxygen atoms in total. The molecule has 0 unspecified atom stereocenters. The number of likely N-dealkylation sites (N-methyl/N-ethyl adjacent to an activating group) is 1. The van der Waals surface area contributed by atoms with E-state index in [-0.39, 0.29) is 0 Å². The number of para-hydroxylation sites is 1. The van der Waals surface area contributed by atoms with Crippen molar-refractivity contribution in [2.75, 3.05) is 18.6 Å². The van der Waals surface area contributed by atoms with E-state index in [1.54, 1.807) is 19.2 Å². The summed E-state index contributed by atoms with van der Waals surface area (Å²) in [6, 6.07) is 9.08. The molecule has 1 aromatic carbocycles. The Kier molecular flexibility index (Phi) is 2.82. The Bertz CT molecular complexity index is 258. The summed E-state index contributed by atoms with van der Waals surface area (Å²) in [5.41, 5.74) is 0.748. The predicted molar refractivity (Wildman–Crippen MR) is 45.4 cm³/mol. The van der Waals surface area contributed by atoms with Crippen molar-refractivity contribution in [1.82, 2.24) is 0 Å². The lowest BCUT2D eigenvalue weighted by Crippen LogP contribution is -2.28. The molecular weight excluding hydrogens is 154 g/mol. The van der Waals surface area contributed by atoms with Gasteiger partial charge < -0.3 is 4.90 Å². The molecule has 0 aliphatic rings. The molecule has 1 aromatic rings. The summed E-state index contributed by atoms with van der Waals surface area (Å²) in [6.07, 6.45) is 0. The molecule has 0 saturated carbocycles. The van der Waals surface area contributed by atoms with E-state index in [2.05, 4.69) is 0 Å². The number of anilines is 1. The monoisotopic (exact) mass is 164 g/mol. The van der Waals surface area contributed by atoms with Gasteiger partial charge in [0.15, 0.2) is 6.61 Å². The van der Waals surface area contributed by atoms with E-state index in [9.17, 15) is 9.90 Å². The maximum absolute atomic E-state index is 10.9. The van der Waals surface area contributed by atoms with Crippen LogP contribution in [-0.2, 0) is 9.90 Å². The van der Waals surface area contributed by atoms with Crippen molar-refractivity contribution < 1.29 is 9.90 Å². The third-order valence-electron chi connectivity index (χ3n) is 1.64. The number of rotatable bonds is 2. The lowest BCUT2D eigenvalue weighted by molar-refractivity contribution is -0.122. The van der Waals surface area contributed by atoms with Crippen LogP contribution in [0.15, 0.2) is 30.3 Å². The number of carbonyl (C=O) groups excluding carboxylic acids is 1. The van der Waals surface area contributed by atoms with E-state index in [1.165, 1.54) is 4.90 Å². The third kappa shape index (κ3) is 1.83. The van der Waals surface area contributed by atoms with Crippen molar-refractivity contribution in [3.63, 3.8) is 0 Å². The molecule has 1 radical (unpaired) electrons. The van der Waals surface area contributed by atoms with Gasteiger partial charge in [0, 0.05) is 12.7 Å². The number of hydrogen-bond acceptors (Lipinski definition) is 1. The van der Waals surface area contributed by atoms with Crippen molar-refractivity contribution >= 4 is 11.6 Å². The highest BCUT2D eigenvalue weighted by Crippen LogP contribution is 2.10. The Balaban J connectivity index is 2.78. The van der Waals surface area contributed by atoms with E-state index in [4.69, 9.17) is 0 Å². The molecule has 12 heavy (non-hydrogen) atoms. The van der Waals surface area contributed by atoms with Gasteiger partial charge >= 0.3 is 0 Å². The van der Waals surface area contributed by atoms with Crippen LogP contribution in [0, 0.1) is 0 Å². The fraction of sp³-hybridized carbons (Fsp3) is 0.222. The normalized spacial score (nSPS) is 9.50. The standard InChI is InChI=1S/C9H10NO2/c1-10(9(12)7-11)8-5-3-2-4-6-8/h2-6H,7H2,1H3. The summed E-state index contributed by atoms with van der Waals surface area (Å²) in [7, 11) is 1.59. The molecule has 0 saturated heterocycles. The Morgan fingerprint density at radius 1 is 1.33 bits per heavy atom. The van der Waals surface area contributed by atoms with Crippen LogP contribution in [0.1, 0.15) is 0 Å². The lowest BCUT2D eigenvalue weighted by atomic mass is 10.3. The number of carbonyl (C=O) groups is 1. The molecule has 0 N–H and O–H groups in total. The molecule has 0 bridgehead atoms. The van der Waals surface area contributed by atoms with Crippen LogP contribution in [0.5, 0.6) is 0 Å². The van der Waals surface area contributed by atoms with Crippen molar-refractivity contribution in [3.8, 4) is 0 Å². The van der Waals surface area contributed by atoms with Gasteiger partial charge in [-0.2, -0.15) is 0 Å². The number of hydrogen-bond donors (Lipinski definition) is 0. The van der Waals surface area contributed by atoms with Gasteiger partial charge in [0.2, 0.25) is 0 Å². The zero-order valence-electron chi connectivity index (χ0n) is 6.86. The molecule has 1 amide bonds. The van der Waals surface area contributed by atoms with Crippen LogP contribution >= 0.6 is 0 Å². The van der Waals surface area contributed by atoms with Crippen molar-refractivity contribution in [2.24, 2.45) is 0 Å². The van der Waals surface area contributed by atoms with E-state index < -0.39 is 12.5 Å². The predicted octanol–water partition coefficient (Wildman–Crippen LogP) is 1.08. The smallest absolute Gasteiger partial charge is 0.256 e. The van der Waals surface area contributed by atoms with Gasteiger partial charge in [0.1, 0.15) is 0 Å². The number of nitrogens with zero attached hydrogens (tertiary/aromatic N) is 1. The van der Waals surface area contributed by atoms with E-state index in [1.807, 2.05) is 18.2 Å². The second-order valence-corrected chi connectivity index (χ2v) is 2.43. The zero-order chi connectivity index (χ0) is 8.97. The molecule has 63 valence electrons. The molecule has 0 aliphatic heterocycles. The van der Waals surface area contributed by atoms with Crippen LogP contribution in [0.2, 0.25) is 0 Å². The van der Waals surface area contributed by atoms with Crippen LogP contribution in [0.25, 0.3) is 0 Å². The second-order valence-electron chi connectivity index (χ2n) is 2.43. The summed E-state index contributed by atoms with van der Waals surface area (Å²) >= 11 is 0. The molecule has 0 heterocycles. The lowest BCUT2D eigenvalue weighted by Gasteiger charge is -2.14. The first-order chi connectivity index (χ1) is 5.75. The Morgan fingerprint density at radius 2 is 1.92 bits per heavy atom. The van der Waals surface area contributed by atoms with Gasteiger partial charge in [0.25, 0.3) is 5.91 Å². The Labute approximate surface area is 71.2 Å². The van der Waals surface area contributed by atoms with E-state index >= 15 is 0 Å². The highest BCUT2D eigenvalue weighted by molar-refractivity contribution is 5.93. The molecule has 3 heteroatoms. The highest BCUT2D eigenvalue weighted by Gasteiger charge is 2.08. The largest absolute Gasteiger partial charge is 0.313 e. The minimum atomic E-state index is -0.703. The highest BCUT2D eigenvalue weighted by atomic mass is 16.3. The number of amides is 1. The van der Waals surface area contributed by atoms with Crippen molar-refractivity contribution in [1.29, 1.82) is 0 Å². The van der Waals surface area contributed by atoms with Gasteiger partial charge in [-0.05, 0) is 12.1 Å². The van der Waals surface area contributed by atoms with Crippen LogP contribution in [0.4, 0.5) is 5.69 Å². The minimum Gasteiger partial charge on any atom is -0.313 e. The maximum Gasteiger partial charge on any atom is 0.256 e. The maximum atomic E-state index is 10.9. The fourth-order valence-electron chi connectivity index (χ4n) is 0.892. The third-order valence-corrected chi connectivity index (χ3v) is 1.64. The Hall–Kier alpha value is -1.35. The molecule has 0 aliphatic carbocycles. The van der Waals surface area contributed by atoms with Crippen molar-refractivity contribution in [3.05, 3.63) is 30.3 Å². The molecule has 0 spiro atoms. The topological polar surface area (TPSA) is 40.2 Å². The zero-order valence-corrected chi connectivity index (χ0v) is 6.86. The molecule has 0 atom stereocenters. The SMILES string of the molecule is CN(C(=O)C[O])c1ccccc1. The average Bonchev–Trinajstić information content (AvgIpc) is 2.17. The summed E-state index contributed by atoms with van der Waals surface area (Å²) < 4.78 is 0. The van der Waals surface area contributed by atoms with Crippen LogP contribution in [0.3, 0.4) is 0 Å². The first-order valence-corrected chi connectivity index (χ1v) is 3.65. The number of benzene rings is 1. The molecular formula is C9H10NO2. The second kappa shape index (κ2) is 3.88. The summed E-state index contributed by atoms with van der Waals surface area (Å²) in [5.74, 6) is -0.416. The Morgan fingerprint density at radius 3 is 2.42 bits per heavy atom. The molecule has 0 aromatic heterocycles. The van der Waals surface area contributed by atoms with Crippen molar-refractivity contribution in [2.45, 2.75) is 0 Å². The van der Waals surface area contributed by atoms with Gasteiger partial charge in [0.05, 0.1) is 0 Å². The average molecular weight is 164 g/mol. The first-order valence-electron chi connectivity index (χ1n) is 3.65. The van der Waals surface area contributed by atoms with E-state index in [0.29, 0.717) is 0 Å². The molecule has 1 rings (SSSR count). The van der Waals surface area contributed by atoms with Crippen LogP contribution < -0.4 is 4.90 Å². The van der Waals surface area contributed by atoms with E-state index in [0.717, 1.165) is 5.69 Å². The fourth-order valence-corrected chi connectivity index (χ4v) is 0.892. The summed E-state index contributed by atoms with van der Waals surface area (Å²) in [5, 5.41) is 10.3. The first kappa shape index (κ1) is 8.74.